The summed E-state index contributed by atoms with van der Waals surface area (Å²) in [5, 5.41) is 0. The lowest BCUT2D eigenvalue weighted by atomic mass is 9.77. The predicted octanol–water partition coefficient (Wildman–Crippen LogP) is 5.42. The Labute approximate surface area is 108 Å². The average molecular weight is 234 g/mol. The van der Waals surface area contributed by atoms with E-state index in [0.29, 0.717) is 0 Å². The molecule has 3 aliphatic rings. The number of hydrogen-bond donors (Lipinski definition) is 0. The van der Waals surface area contributed by atoms with E-state index >= 15 is 0 Å². The summed E-state index contributed by atoms with van der Waals surface area (Å²) in [6, 6.07) is 0. The Hall–Kier alpha value is 0. The summed E-state index contributed by atoms with van der Waals surface area (Å²) < 4.78 is 0. The normalized spacial score (nSPS) is 46.8. The van der Waals surface area contributed by atoms with E-state index in [2.05, 4.69) is 6.92 Å². The highest BCUT2D eigenvalue weighted by Gasteiger charge is 2.36. The van der Waals surface area contributed by atoms with Gasteiger partial charge in [0, 0.05) is 0 Å². The Morgan fingerprint density at radius 2 is 1.41 bits per heavy atom. The molecule has 3 fully saturated rings. The summed E-state index contributed by atoms with van der Waals surface area (Å²) in [7, 11) is 0. The van der Waals surface area contributed by atoms with Gasteiger partial charge in [-0.2, -0.15) is 0 Å². The van der Waals surface area contributed by atoms with Gasteiger partial charge in [0.25, 0.3) is 0 Å². The molecule has 0 amide bonds. The molecule has 0 bridgehead atoms. The van der Waals surface area contributed by atoms with E-state index in [4.69, 9.17) is 0 Å². The van der Waals surface area contributed by atoms with Crippen molar-refractivity contribution >= 4 is 0 Å². The van der Waals surface area contributed by atoms with E-state index in [9.17, 15) is 0 Å². The van der Waals surface area contributed by atoms with Crippen molar-refractivity contribution in [1.82, 2.24) is 0 Å². The smallest absolute Gasteiger partial charge is 0.0383 e. The summed E-state index contributed by atoms with van der Waals surface area (Å²) in [5.74, 6) is 5.55. The van der Waals surface area contributed by atoms with Gasteiger partial charge in [-0.05, 0) is 55.3 Å². The molecule has 0 heterocycles. The van der Waals surface area contributed by atoms with Gasteiger partial charge in [0.05, 0.1) is 0 Å². The first-order valence-electron chi connectivity index (χ1n) is 8.31. The molecular weight excluding hydrogens is 204 g/mol. The Morgan fingerprint density at radius 3 is 2.06 bits per heavy atom. The van der Waals surface area contributed by atoms with Gasteiger partial charge in [0.15, 0.2) is 0 Å². The highest BCUT2D eigenvalue weighted by Crippen LogP contribution is 2.48. The zero-order valence-electron chi connectivity index (χ0n) is 11.7. The molecule has 0 saturated heterocycles. The van der Waals surface area contributed by atoms with Gasteiger partial charge in [-0.25, -0.2) is 0 Å². The third-order valence-electron chi connectivity index (χ3n) is 6.05. The van der Waals surface area contributed by atoms with Crippen molar-refractivity contribution in [2.45, 2.75) is 77.6 Å². The molecule has 0 spiro atoms. The minimum Gasteiger partial charge on any atom is -0.0625 e. The zero-order chi connectivity index (χ0) is 11.7. The Morgan fingerprint density at radius 1 is 0.706 bits per heavy atom. The summed E-state index contributed by atoms with van der Waals surface area (Å²) in [4.78, 5) is 0. The average Bonchev–Trinajstić information content (AvgIpc) is 2.71. The summed E-state index contributed by atoms with van der Waals surface area (Å²) >= 11 is 0. The molecule has 4 atom stereocenters. The highest BCUT2D eigenvalue weighted by molar-refractivity contribution is 4.87. The van der Waals surface area contributed by atoms with Crippen LogP contribution in [0.3, 0.4) is 0 Å². The predicted molar refractivity (Wildman–Crippen MR) is 73.9 cm³/mol. The van der Waals surface area contributed by atoms with Crippen LogP contribution >= 0.6 is 0 Å². The molecule has 3 saturated carbocycles. The van der Waals surface area contributed by atoms with Crippen LogP contribution in [-0.4, -0.2) is 0 Å². The standard InChI is InChI=1S/C17H30/c1-13-5-4-6-14(9-13)10-15-11-16-7-2-3-8-17(16)12-15/h13-17H,2-12H2,1H3. The quantitative estimate of drug-likeness (QED) is 0.598. The topological polar surface area (TPSA) is 0 Å². The summed E-state index contributed by atoms with van der Waals surface area (Å²) in [6.07, 6.45) is 17.1. The lowest BCUT2D eigenvalue weighted by Crippen LogP contribution is -2.16. The molecule has 4 unspecified atom stereocenters. The number of fused-ring (bicyclic) bond motifs is 1. The molecule has 0 radical (unpaired) electrons. The molecule has 3 aliphatic carbocycles. The van der Waals surface area contributed by atoms with Crippen molar-refractivity contribution in [2.75, 3.05) is 0 Å². The maximum atomic E-state index is 2.47. The van der Waals surface area contributed by atoms with E-state index in [1.54, 1.807) is 44.9 Å². The van der Waals surface area contributed by atoms with Crippen molar-refractivity contribution in [2.24, 2.45) is 29.6 Å². The Bertz CT molecular complexity index is 230. The molecule has 0 nitrogen and oxygen atoms in total. The van der Waals surface area contributed by atoms with Crippen LogP contribution in [-0.2, 0) is 0 Å². The van der Waals surface area contributed by atoms with Gasteiger partial charge in [0.1, 0.15) is 0 Å². The Balaban J connectivity index is 1.49. The molecular formula is C17H30. The van der Waals surface area contributed by atoms with Crippen molar-refractivity contribution in [3.63, 3.8) is 0 Å². The van der Waals surface area contributed by atoms with Gasteiger partial charge in [-0.3, -0.25) is 0 Å². The fourth-order valence-electron chi connectivity index (χ4n) is 5.30. The SMILES string of the molecule is CC1CCCC(CC2CC3CCCCC3C2)C1. The van der Waals surface area contributed by atoms with Gasteiger partial charge in [-0.1, -0.05) is 51.9 Å². The third kappa shape index (κ3) is 2.88. The van der Waals surface area contributed by atoms with Crippen LogP contribution in [0, 0.1) is 29.6 Å². The first-order valence-corrected chi connectivity index (χ1v) is 8.31. The zero-order valence-corrected chi connectivity index (χ0v) is 11.7. The maximum Gasteiger partial charge on any atom is -0.0383 e. The molecule has 0 aromatic heterocycles. The molecule has 98 valence electrons. The molecule has 0 aromatic carbocycles. The van der Waals surface area contributed by atoms with E-state index in [1.165, 1.54) is 25.7 Å². The lowest BCUT2D eigenvalue weighted by Gasteiger charge is -2.28. The number of hydrogen-bond acceptors (Lipinski definition) is 0. The third-order valence-corrected chi connectivity index (χ3v) is 6.05. The second-order valence-corrected chi connectivity index (χ2v) is 7.52. The van der Waals surface area contributed by atoms with Crippen LogP contribution in [0.2, 0.25) is 0 Å². The van der Waals surface area contributed by atoms with E-state index in [1.807, 2.05) is 0 Å². The molecule has 0 heteroatoms. The van der Waals surface area contributed by atoms with Crippen LogP contribution in [0.4, 0.5) is 0 Å². The highest BCUT2D eigenvalue weighted by atomic mass is 14.4. The van der Waals surface area contributed by atoms with E-state index < -0.39 is 0 Å². The molecule has 17 heavy (non-hydrogen) atoms. The van der Waals surface area contributed by atoms with E-state index in [-0.39, 0.29) is 0 Å². The van der Waals surface area contributed by atoms with Gasteiger partial charge >= 0.3 is 0 Å². The molecule has 0 aromatic rings. The van der Waals surface area contributed by atoms with Crippen molar-refractivity contribution in [3.05, 3.63) is 0 Å². The monoisotopic (exact) mass is 234 g/mol. The van der Waals surface area contributed by atoms with Crippen LogP contribution in [0.5, 0.6) is 0 Å². The van der Waals surface area contributed by atoms with Crippen LogP contribution < -0.4 is 0 Å². The van der Waals surface area contributed by atoms with Gasteiger partial charge in [0.2, 0.25) is 0 Å². The minimum atomic E-state index is 1.03. The first-order chi connectivity index (χ1) is 8.31. The second kappa shape index (κ2) is 5.33. The Kier molecular flexibility index (Phi) is 3.78. The van der Waals surface area contributed by atoms with E-state index in [0.717, 1.165) is 29.6 Å². The van der Waals surface area contributed by atoms with Crippen LogP contribution in [0.25, 0.3) is 0 Å². The van der Waals surface area contributed by atoms with Gasteiger partial charge < -0.3 is 0 Å². The van der Waals surface area contributed by atoms with Crippen LogP contribution in [0.1, 0.15) is 77.6 Å². The summed E-state index contributed by atoms with van der Waals surface area (Å²) in [5.41, 5.74) is 0. The number of rotatable bonds is 2. The van der Waals surface area contributed by atoms with Gasteiger partial charge in [-0.15, -0.1) is 0 Å². The van der Waals surface area contributed by atoms with Crippen molar-refractivity contribution in [3.8, 4) is 0 Å². The maximum absolute atomic E-state index is 2.47. The van der Waals surface area contributed by atoms with Crippen molar-refractivity contribution < 1.29 is 0 Å². The molecule has 0 aliphatic heterocycles. The summed E-state index contributed by atoms with van der Waals surface area (Å²) in [6.45, 7) is 2.47. The second-order valence-electron chi connectivity index (χ2n) is 7.52. The molecule has 3 rings (SSSR count). The fraction of sp³-hybridized carbons (Fsp3) is 1.00. The lowest BCUT2D eigenvalue weighted by molar-refractivity contribution is 0.236. The first kappa shape index (κ1) is 12.1. The molecule has 0 N–H and O–H groups in total. The largest absolute Gasteiger partial charge is 0.0625 e. The van der Waals surface area contributed by atoms with Crippen molar-refractivity contribution in [1.29, 1.82) is 0 Å². The van der Waals surface area contributed by atoms with Crippen LogP contribution in [0.15, 0.2) is 0 Å². The fourth-order valence-corrected chi connectivity index (χ4v) is 5.30. The minimum absolute atomic E-state index is 1.03.